The number of hydrogen-bond donors (Lipinski definition) is 2. The van der Waals surface area contributed by atoms with E-state index in [2.05, 4.69) is 6.92 Å². The average molecular weight is 254 g/mol. The van der Waals surface area contributed by atoms with E-state index in [1.54, 1.807) is 0 Å². The summed E-state index contributed by atoms with van der Waals surface area (Å²) >= 11 is 0. The Morgan fingerprint density at radius 1 is 1.28 bits per heavy atom. The lowest BCUT2D eigenvalue weighted by Crippen LogP contribution is -2.51. The third kappa shape index (κ3) is 2.69. The van der Waals surface area contributed by atoms with E-state index in [1.165, 1.54) is 0 Å². The highest BCUT2D eigenvalue weighted by atomic mass is 16.3. The van der Waals surface area contributed by atoms with Crippen LogP contribution in [0.25, 0.3) is 0 Å². The first-order valence-corrected chi connectivity index (χ1v) is 7.32. The quantitative estimate of drug-likeness (QED) is 0.776. The summed E-state index contributed by atoms with van der Waals surface area (Å²) < 4.78 is 0. The van der Waals surface area contributed by atoms with Crippen molar-refractivity contribution in [2.75, 3.05) is 13.2 Å². The Labute approximate surface area is 110 Å². The summed E-state index contributed by atoms with van der Waals surface area (Å²) in [6.45, 7) is 3.01. The van der Waals surface area contributed by atoms with Gasteiger partial charge in [0, 0.05) is 18.5 Å². The summed E-state index contributed by atoms with van der Waals surface area (Å²) in [7, 11) is 0. The van der Waals surface area contributed by atoms with E-state index in [-0.39, 0.29) is 36.4 Å². The maximum absolute atomic E-state index is 12.6. The van der Waals surface area contributed by atoms with Crippen molar-refractivity contribution in [2.24, 2.45) is 17.6 Å². The fourth-order valence-corrected chi connectivity index (χ4v) is 3.44. The largest absolute Gasteiger partial charge is 0.394 e. The molecule has 4 nitrogen and oxygen atoms in total. The van der Waals surface area contributed by atoms with Gasteiger partial charge in [0.15, 0.2) is 0 Å². The molecule has 0 aromatic carbocycles. The smallest absolute Gasteiger partial charge is 0.226 e. The van der Waals surface area contributed by atoms with Crippen LogP contribution in [0.5, 0.6) is 0 Å². The number of nitrogens with zero attached hydrogens (tertiary/aromatic N) is 1. The molecule has 2 aliphatic rings. The van der Waals surface area contributed by atoms with Crippen molar-refractivity contribution < 1.29 is 9.90 Å². The van der Waals surface area contributed by atoms with Crippen LogP contribution in [0.3, 0.4) is 0 Å². The molecule has 0 radical (unpaired) electrons. The predicted octanol–water partition coefficient (Wildman–Crippen LogP) is 1.12. The molecule has 1 amide bonds. The lowest BCUT2D eigenvalue weighted by Gasteiger charge is -2.41. The number of aliphatic hydroxyl groups excluding tert-OH is 1. The molecule has 1 aliphatic carbocycles. The van der Waals surface area contributed by atoms with Crippen molar-refractivity contribution in [2.45, 2.75) is 57.5 Å². The van der Waals surface area contributed by atoms with Crippen LogP contribution < -0.4 is 5.73 Å². The highest BCUT2D eigenvalue weighted by Gasteiger charge is 2.37. The number of likely N-dealkylation sites (tertiary alicyclic amines) is 1. The molecule has 1 aliphatic heterocycles. The molecule has 2 fully saturated rings. The molecule has 4 heteroatoms. The van der Waals surface area contributed by atoms with E-state index >= 15 is 0 Å². The van der Waals surface area contributed by atoms with Gasteiger partial charge in [-0.15, -0.1) is 0 Å². The van der Waals surface area contributed by atoms with Crippen LogP contribution in [0.4, 0.5) is 0 Å². The number of amides is 1. The average Bonchev–Trinajstić information content (AvgIpc) is 2.41. The van der Waals surface area contributed by atoms with Crippen LogP contribution in [0, 0.1) is 11.8 Å². The molecule has 1 saturated heterocycles. The molecule has 0 bridgehead atoms. The Bertz CT molecular complexity index is 286. The Morgan fingerprint density at radius 3 is 2.78 bits per heavy atom. The number of rotatable bonds is 2. The Balaban J connectivity index is 2.04. The highest BCUT2D eigenvalue weighted by molar-refractivity contribution is 5.79. The zero-order valence-corrected chi connectivity index (χ0v) is 11.3. The fraction of sp³-hybridized carbons (Fsp3) is 0.929. The minimum atomic E-state index is 0.0385. The van der Waals surface area contributed by atoms with Crippen molar-refractivity contribution in [1.29, 1.82) is 0 Å². The Morgan fingerprint density at radius 2 is 2.06 bits per heavy atom. The normalized spacial score (nSPS) is 37.6. The molecule has 18 heavy (non-hydrogen) atoms. The zero-order chi connectivity index (χ0) is 13.1. The van der Waals surface area contributed by atoms with Gasteiger partial charge in [-0.2, -0.15) is 0 Å². The van der Waals surface area contributed by atoms with E-state index < -0.39 is 0 Å². The second-order valence-electron chi connectivity index (χ2n) is 5.92. The number of aliphatic hydroxyl groups is 1. The Kier molecular flexibility index (Phi) is 4.62. The van der Waals surface area contributed by atoms with Crippen LogP contribution in [-0.4, -0.2) is 41.1 Å². The molecular formula is C14H26N2O2. The number of carbonyl (C=O) groups excluding carboxylic acids is 1. The first-order valence-electron chi connectivity index (χ1n) is 7.32. The lowest BCUT2D eigenvalue weighted by molar-refractivity contribution is -0.143. The van der Waals surface area contributed by atoms with Crippen molar-refractivity contribution >= 4 is 5.91 Å². The van der Waals surface area contributed by atoms with E-state index in [1.807, 2.05) is 4.90 Å². The molecule has 1 heterocycles. The van der Waals surface area contributed by atoms with Gasteiger partial charge in [-0.1, -0.05) is 13.3 Å². The van der Waals surface area contributed by atoms with Crippen molar-refractivity contribution in [3.8, 4) is 0 Å². The minimum Gasteiger partial charge on any atom is -0.394 e. The third-order valence-corrected chi connectivity index (χ3v) is 4.80. The minimum absolute atomic E-state index is 0.0385. The maximum Gasteiger partial charge on any atom is 0.226 e. The third-order valence-electron chi connectivity index (χ3n) is 4.80. The number of hydrogen-bond acceptors (Lipinski definition) is 3. The zero-order valence-electron chi connectivity index (χ0n) is 11.3. The van der Waals surface area contributed by atoms with Crippen molar-refractivity contribution in [1.82, 2.24) is 4.90 Å². The van der Waals surface area contributed by atoms with Crippen molar-refractivity contribution in [3.63, 3.8) is 0 Å². The SMILES string of the molecule is CC1C(N)CCCC1C(=O)N1CCCCC1CO. The van der Waals surface area contributed by atoms with Crippen LogP contribution >= 0.6 is 0 Å². The molecule has 4 atom stereocenters. The van der Waals surface area contributed by atoms with Crippen molar-refractivity contribution in [3.05, 3.63) is 0 Å². The molecular weight excluding hydrogens is 228 g/mol. The summed E-state index contributed by atoms with van der Waals surface area (Å²) in [6, 6.07) is 0.196. The van der Waals surface area contributed by atoms with Gasteiger partial charge in [0.1, 0.15) is 0 Å². The summed E-state index contributed by atoms with van der Waals surface area (Å²) in [5, 5.41) is 9.41. The summed E-state index contributed by atoms with van der Waals surface area (Å²) in [6.07, 6.45) is 6.18. The second-order valence-corrected chi connectivity index (χ2v) is 5.92. The summed E-state index contributed by atoms with van der Waals surface area (Å²) in [5.74, 6) is 0.574. The monoisotopic (exact) mass is 254 g/mol. The number of carbonyl (C=O) groups is 1. The van der Waals surface area contributed by atoms with E-state index in [4.69, 9.17) is 5.73 Å². The van der Waals surface area contributed by atoms with E-state index in [9.17, 15) is 9.90 Å². The molecule has 1 saturated carbocycles. The summed E-state index contributed by atoms with van der Waals surface area (Å²) in [4.78, 5) is 14.6. The van der Waals surface area contributed by atoms with E-state index in [0.29, 0.717) is 0 Å². The summed E-state index contributed by atoms with van der Waals surface area (Å²) in [5.41, 5.74) is 6.08. The molecule has 4 unspecified atom stereocenters. The first-order chi connectivity index (χ1) is 8.65. The Hall–Kier alpha value is -0.610. The van der Waals surface area contributed by atoms with Gasteiger partial charge in [-0.25, -0.2) is 0 Å². The van der Waals surface area contributed by atoms with Gasteiger partial charge in [0.05, 0.1) is 12.6 Å². The number of piperidine rings is 1. The second kappa shape index (κ2) is 6.02. The van der Waals surface area contributed by atoms with Gasteiger partial charge in [0.2, 0.25) is 5.91 Å². The van der Waals surface area contributed by atoms with Crippen LogP contribution in [0.1, 0.15) is 45.4 Å². The highest BCUT2D eigenvalue weighted by Crippen LogP contribution is 2.32. The first kappa shape index (κ1) is 13.8. The maximum atomic E-state index is 12.6. The number of nitrogens with two attached hydrogens (primary N) is 1. The fourth-order valence-electron chi connectivity index (χ4n) is 3.44. The molecule has 0 spiro atoms. The van der Waals surface area contributed by atoms with E-state index in [0.717, 1.165) is 45.1 Å². The standard InChI is InChI=1S/C14H26N2O2/c1-10-12(6-4-7-13(10)15)14(18)16-8-3-2-5-11(16)9-17/h10-13,17H,2-9,15H2,1H3. The van der Waals surface area contributed by atoms with Crippen LogP contribution in [0.15, 0.2) is 0 Å². The predicted molar refractivity (Wildman–Crippen MR) is 70.9 cm³/mol. The molecule has 0 aromatic heterocycles. The van der Waals surface area contributed by atoms with Gasteiger partial charge in [0.25, 0.3) is 0 Å². The molecule has 3 N–H and O–H groups in total. The topological polar surface area (TPSA) is 66.6 Å². The van der Waals surface area contributed by atoms with Gasteiger partial charge in [-0.3, -0.25) is 4.79 Å². The van der Waals surface area contributed by atoms with Gasteiger partial charge in [-0.05, 0) is 38.0 Å². The van der Waals surface area contributed by atoms with Gasteiger partial charge >= 0.3 is 0 Å². The van der Waals surface area contributed by atoms with Crippen LogP contribution in [-0.2, 0) is 4.79 Å². The molecule has 0 aromatic rings. The lowest BCUT2D eigenvalue weighted by atomic mass is 9.76. The van der Waals surface area contributed by atoms with Gasteiger partial charge < -0.3 is 15.7 Å². The van der Waals surface area contributed by atoms with Crippen LogP contribution in [0.2, 0.25) is 0 Å². The molecule has 104 valence electrons. The molecule has 2 rings (SSSR count).